The number of hydrogen-bond acceptors (Lipinski definition) is 4. The molecule has 4 N–H and O–H groups in total. The second-order valence-corrected chi connectivity index (χ2v) is 5.08. The fourth-order valence-electron chi connectivity index (χ4n) is 2.37. The molecule has 0 bridgehead atoms. The predicted molar refractivity (Wildman–Crippen MR) is 72.1 cm³/mol. The number of piperidine rings is 1. The average molecular weight is 248 g/mol. The molecule has 1 saturated heterocycles. The van der Waals surface area contributed by atoms with Gasteiger partial charge in [-0.05, 0) is 38.3 Å². The van der Waals surface area contributed by atoms with Gasteiger partial charge in [-0.2, -0.15) is 0 Å². The minimum Gasteiger partial charge on any atom is -0.397 e. The van der Waals surface area contributed by atoms with Crippen molar-refractivity contribution in [2.45, 2.75) is 32.7 Å². The van der Waals surface area contributed by atoms with E-state index < -0.39 is 0 Å². The summed E-state index contributed by atoms with van der Waals surface area (Å²) in [6.45, 7) is 4.75. The van der Waals surface area contributed by atoms with Gasteiger partial charge in [0.15, 0.2) is 0 Å². The third kappa shape index (κ3) is 2.39. The lowest BCUT2D eigenvalue weighted by molar-refractivity contribution is -0.122. The van der Waals surface area contributed by atoms with Crippen molar-refractivity contribution < 1.29 is 4.79 Å². The maximum Gasteiger partial charge on any atom is 0.222 e. The molecule has 2 heterocycles. The average Bonchev–Trinajstić information content (AvgIpc) is 2.33. The van der Waals surface area contributed by atoms with Gasteiger partial charge in [0, 0.05) is 12.6 Å². The molecule has 1 aliphatic rings. The van der Waals surface area contributed by atoms with Crippen LogP contribution in [-0.2, 0) is 4.79 Å². The van der Waals surface area contributed by atoms with Crippen LogP contribution in [0.15, 0.2) is 12.3 Å². The van der Waals surface area contributed by atoms with Gasteiger partial charge >= 0.3 is 0 Å². The molecule has 98 valence electrons. The Morgan fingerprint density at radius 2 is 2.22 bits per heavy atom. The van der Waals surface area contributed by atoms with Gasteiger partial charge in [0.2, 0.25) is 5.91 Å². The first-order valence-electron chi connectivity index (χ1n) is 6.27. The standard InChI is InChI=1S/C13H20N4O/c1-8-5-12(16-6-11(8)14)17-7-10(13(15)18)4-3-9(17)2/h5-6,9-10H,3-4,7,14H2,1-2H3,(H2,15,18). The number of carbonyl (C=O) groups is 1. The van der Waals surface area contributed by atoms with Crippen LogP contribution in [0.3, 0.4) is 0 Å². The molecule has 1 fully saturated rings. The summed E-state index contributed by atoms with van der Waals surface area (Å²) in [6.07, 6.45) is 3.49. The van der Waals surface area contributed by atoms with E-state index in [9.17, 15) is 4.79 Å². The lowest BCUT2D eigenvalue weighted by Crippen LogP contribution is -2.46. The quantitative estimate of drug-likeness (QED) is 0.819. The molecule has 18 heavy (non-hydrogen) atoms. The van der Waals surface area contributed by atoms with Crippen LogP contribution < -0.4 is 16.4 Å². The molecule has 1 aliphatic heterocycles. The van der Waals surface area contributed by atoms with Crippen molar-refractivity contribution in [3.63, 3.8) is 0 Å². The number of amides is 1. The molecule has 0 aliphatic carbocycles. The zero-order valence-corrected chi connectivity index (χ0v) is 10.9. The number of rotatable bonds is 2. The number of primary amides is 1. The van der Waals surface area contributed by atoms with Gasteiger partial charge in [0.1, 0.15) is 5.82 Å². The van der Waals surface area contributed by atoms with Gasteiger partial charge in [0.05, 0.1) is 17.8 Å². The largest absolute Gasteiger partial charge is 0.397 e. The lowest BCUT2D eigenvalue weighted by atomic mass is 9.93. The van der Waals surface area contributed by atoms with Gasteiger partial charge < -0.3 is 16.4 Å². The van der Waals surface area contributed by atoms with E-state index in [4.69, 9.17) is 11.5 Å². The Morgan fingerprint density at radius 1 is 1.50 bits per heavy atom. The fourth-order valence-corrected chi connectivity index (χ4v) is 2.37. The number of nitrogens with two attached hydrogens (primary N) is 2. The first-order chi connectivity index (χ1) is 8.49. The topological polar surface area (TPSA) is 85.2 Å². The van der Waals surface area contributed by atoms with Crippen molar-refractivity contribution in [2.24, 2.45) is 11.7 Å². The number of aryl methyl sites for hydroxylation is 1. The van der Waals surface area contributed by atoms with Crippen molar-refractivity contribution in [1.29, 1.82) is 0 Å². The van der Waals surface area contributed by atoms with Crippen molar-refractivity contribution in [3.8, 4) is 0 Å². The minimum atomic E-state index is -0.223. The first kappa shape index (κ1) is 12.7. The van der Waals surface area contributed by atoms with Crippen molar-refractivity contribution in [3.05, 3.63) is 17.8 Å². The molecular formula is C13H20N4O. The van der Waals surface area contributed by atoms with Crippen LogP contribution in [0.1, 0.15) is 25.3 Å². The van der Waals surface area contributed by atoms with Gasteiger partial charge in [-0.15, -0.1) is 0 Å². The Hall–Kier alpha value is -1.78. The van der Waals surface area contributed by atoms with E-state index >= 15 is 0 Å². The number of nitrogens with zero attached hydrogens (tertiary/aromatic N) is 2. The monoisotopic (exact) mass is 248 g/mol. The molecule has 2 unspecified atom stereocenters. The van der Waals surface area contributed by atoms with E-state index in [2.05, 4.69) is 16.8 Å². The molecule has 2 rings (SSSR count). The smallest absolute Gasteiger partial charge is 0.222 e. The highest BCUT2D eigenvalue weighted by Crippen LogP contribution is 2.27. The summed E-state index contributed by atoms with van der Waals surface area (Å²) < 4.78 is 0. The third-order valence-corrected chi connectivity index (χ3v) is 3.72. The number of carbonyl (C=O) groups excluding carboxylic acids is 1. The highest BCUT2D eigenvalue weighted by molar-refractivity contribution is 5.77. The van der Waals surface area contributed by atoms with E-state index in [1.807, 2.05) is 13.0 Å². The fraction of sp³-hybridized carbons (Fsp3) is 0.538. The predicted octanol–water partition coefficient (Wildman–Crippen LogP) is 1.06. The second-order valence-electron chi connectivity index (χ2n) is 5.08. The molecule has 0 spiro atoms. The minimum absolute atomic E-state index is 0.0825. The number of hydrogen-bond donors (Lipinski definition) is 2. The third-order valence-electron chi connectivity index (χ3n) is 3.72. The summed E-state index contributed by atoms with van der Waals surface area (Å²) in [7, 11) is 0. The van der Waals surface area contributed by atoms with E-state index in [1.54, 1.807) is 6.20 Å². The van der Waals surface area contributed by atoms with Crippen LogP contribution in [0.25, 0.3) is 0 Å². The molecule has 5 nitrogen and oxygen atoms in total. The molecule has 2 atom stereocenters. The first-order valence-corrected chi connectivity index (χ1v) is 6.27. The van der Waals surface area contributed by atoms with Gasteiger partial charge in [-0.25, -0.2) is 4.98 Å². The molecule has 0 radical (unpaired) electrons. The molecule has 0 aromatic carbocycles. The summed E-state index contributed by atoms with van der Waals surface area (Å²) in [5, 5.41) is 0. The molecule has 1 amide bonds. The second kappa shape index (κ2) is 4.84. The van der Waals surface area contributed by atoms with E-state index in [-0.39, 0.29) is 11.8 Å². The van der Waals surface area contributed by atoms with Crippen LogP contribution in [-0.4, -0.2) is 23.5 Å². The van der Waals surface area contributed by atoms with E-state index in [0.29, 0.717) is 18.3 Å². The van der Waals surface area contributed by atoms with Gasteiger partial charge in [-0.1, -0.05) is 0 Å². The van der Waals surface area contributed by atoms with E-state index in [0.717, 1.165) is 24.2 Å². The summed E-state index contributed by atoms with van der Waals surface area (Å²) in [5.74, 6) is 0.570. The summed E-state index contributed by atoms with van der Waals surface area (Å²) in [5.41, 5.74) is 12.9. The maximum absolute atomic E-state index is 11.3. The summed E-state index contributed by atoms with van der Waals surface area (Å²) >= 11 is 0. The van der Waals surface area contributed by atoms with Crippen molar-refractivity contribution in [1.82, 2.24) is 4.98 Å². The van der Waals surface area contributed by atoms with Crippen LogP contribution in [0.5, 0.6) is 0 Å². The lowest BCUT2D eigenvalue weighted by Gasteiger charge is -2.37. The Labute approximate surface area is 107 Å². The molecular weight excluding hydrogens is 228 g/mol. The Kier molecular flexibility index (Phi) is 3.41. The summed E-state index contributed by atoms with van der Waals surface area (Å²) in [4.78, 5) is 17.8. The highest BCUT2D eigenvalue weighted by Gasteiger charge is 2.29. The SMILES string of the molecule is Cc1cc(N2CC(C(N)=O)CCC2C)ncc1N. The van der Waals surface area contributed by atoms with Crippen LogP contribution in [0.4, 0.5) is 11.5 Å². The van der Waals surface area contributed by atoms with Crippen LogP contribution in [0, 0.1) is 12.8 Å². The van der Waals surface area contributed by atoms with Crippen LogP contribution in [0.2, 0.25) is 0 Å². The maximum atomic E-state index is 11.3. The van der Waals surface area contributed by atoms with E-state index in [1.165, 1.54) is 0 Å². The highest BCUT2D eigenvalue weighted by atomic mass is 16.1. The number of nitrogen functional groups attached to an aromatic ring is 1. The number of aromatic nitrogens is 1. The van der Waals surface area contributed by atoms with Gasteiger partial charge in [-0.3, -0.25) is 4.79 Å². The Bertz CT molecular complexity index is 460. The van der Waals surface area contributed by atoms with Crippen molar-refractivity contribution in [2.75, 3.05) is 17.2 Å². The molecule has 0 saturated carbocycles. The molecule has 1 aromatic rings. The molecule has 5 heteroatoms. The summed E-state index contributed by atoms with van der Waals surface area (Å²) in [6, 6.07) is 2.34. The number of pyridine rings is 1. The molecule has 1 aromatic heterocycles. The zero-order valence-electron chi connectivity index (χ0n) is 10.9. The number of anilines is 2. The van der Waals surface area contributed by atoms with Crippen LogP contribution >= 0.6 is 0 Å². The van der Waals surface area contributed by atoms with Gasteiger partial charge in [0.25, 0.3) is 0 Å². The normalized spacial score (nSPS) is 24.0. The Balaban J connectivity index is 2.24. The Morgan fingerprint density at radius 3 is 2.83 bits per heavy atom. The zero-order chi connectivity index (χ0) is 13.3. The van der Waals surface area contributed by atoms with Crippen molar-refractivity contribution >= 4 is 17.4 Å².